The van der Waals surface area contributed by atoms with E-state index in [4.69, 9.17) is 23.2 Å². The first-order valence-electron chi connectivity index (χ1n) is 8.90. The Hall–Kier alpha value is -1.72. The SMILES string of the molecule is FC(F)(F)c1ccc2c(c1)n(Cc1ccc(Cl)cc1Cl)c1[n+]2CCCCC1. The summed E-state index contributed by atoms with van der Waals surface area (Å²) in [7, 11) is 0. The van der Waals surface area contributed by atoms with Gasteiger partial charge in [0.15, 0.2) is 11.0 Å². The molecule has 2 aromatic carbocycles. The molecule has 0 atom stereocenters. The smallest absolute Gasteiger partial charge is 0.227 e. The lowest BCUT2D eigenvalue weighted by atomic mass is 10.1. The van der Waals surface area contributed by atoms with Crippen LogP contribution in [0.2, 0.25) is 10.0 Å². The molecule has 0 unspecified atom stereocenters. The van der Waals surface area contributed by atoms with E-state index in [9.17, 15) is 13.2 Å². The molecule has 7 heteroatoms. The Bertz CT molecular complexity index is 1010. The van der Waals surface area contributed by atoms with Crippen molar-refractivity contribution >= 4 is 34.2 Å². The third kappa shape index (κ3) is 3.55. The number of nitrogens with zero attached hydrogens (tertiary/aromatic N) is 2. The number of aryl methyl sites for hydroxylation is 1. The van der Waals surface area contributed by atoms with E-state index in [1.165, 1.54) is 12.1 Å². The van der Waals surface area contributed by atoms with Gasteiger partial charge in [0.2, 0.25) is 0 Å². The molecular formula is C20H18Cl2F3N2+. The van der Waals surface area contributed by atoms with Crippen LogP contribution in [0.5, 0.6) is 0 Å². The van der Waals surface area contributed by atoms with Gasteiger partial charge < -0.3 is 0 Å². The number of benzene rings is 2. The predicted molar refractivity (Wildman–Crippen MR) is 100 cm³/mol. The van der Waals surface area contributed by atoms with Crippen LogP contribution < -0.4 is 4.57 Å². The molecule has 3 aromatic rings. The monoisotopic (exact) mass is 413 g/mol. The summed E-state index contributed by atoms with van der Waals surface area (Å²) in [6, 6.07) is 9.25. The highest BCUT2D eigenvalue weighted by molar-refractivity contribution is 6.35. The van der Waals surface area contributed by atoms with Gasteiger partial charge in [-0.05, 0) is 43.5 Å². The molecule has 0 saturated heterocycles. The molecule has 1 aromatic heterocycles. The van der Waals surface area contributed by atoms with Gasteiger partial charge in [0.05, 0.1) is 12.1 Å². The minimum absolute atomic E-state index is 0.413. The molecule has 27 heavy (non-hydrogen) atoms. The maximum atomic E-state index is 13.3. The van der Waals surface area contributed by atoms with Crippen LogP contribution in [0.4, 0.5) is 13.2 Å². The number of hydrogen-bond acceptors (Lipinski definition) is 0. The third-order valence-electron chi connectivity index (χ3n) is 5.13. The normalized spacial score (nSPS) is 15.0. The first-order chi connectivity index (χ1) is 12.8. The van der Waals surface area contributed by atoms with E-state index in [1.54, 1.807) is 18.2 Å². The van der Waals surface area contributed by atoms with Gasteiger partial charge in [-0.25, -0.2) is 9.13 Å². The fourth-order valence-corrected chi connectivity index (χ4v) is 4.28. The summed E-state index contributed by atoms with van der Waals surface area (Å²) >= 11 is 12.3. The van der Waals surface area contributed by atoms with Crippen LogP contribution in [0.3, 0.4) is 0 Å². The first-order valence-corrected chi connectivity index (χ1v) is 9.66. The summed E-state index contributed by atoms with van der Waals surface area (Å²) in [6.07, 6.45) is -0.369. The molecule has 2 nitrogen and oxygen atoms in total. The fraction of sp³-hybridized carbons (Fsp3) is 0.350. The summed E-state index contributed by atoms with van der Waals surface area (Å²) in [5, 5.41) is 1.05. The zero-order valence-corrected chi connectivity index (χ0v) is 16.0. The van der Waals surface area contributed by atoms with Crippen LogP contribution in [0, 0.1) is 0 Å². The van der Waals surface area contributed by atoms with E-state index in [-0.39, 0.29) is 0 Å². The minimum Gasteiger partial charge on any atom is -0.227 e. The Morgan fingerprint density at radius 2 is 1.81 bits per heavy atom. The topological polar surface area (TPSA) is 8.81 Å². The number of fused-ring (bicyclic) bond motifs is 3. The summed E-state index contributed by atoms with van der Waals surface area (Å²) in [6.45, 7) is 1.23. The Labute approximate surface area is 165 Å². The van der Waals surface area contributed by atoms with Gasteiger partial charge in [0.25, 0.3) is 5.82 Å². The molecule has 0 N–H and O–H groups in total. The minimum atomic E-state index is -4.37. The van der Waals surface area contributed by atoms with Gasteiger partial charge in [-0.3, -0.25) is 0 Å². The van der Waals surface area contributed by atoms with E-state index in [1.807, 2.05) is 10.6 Å². The van der Waals surface area contributed by atoms with Crippen molar-refractivity contribution in [1.82, 2.24) is 4.57 Å². The van der Waals surface area contributed by atoms with Gasteiger partial charge in [-0.2, -0.15) is 13.2 Å². The molecule has 0 amide bonds. The summed E-state index contributed by atoms with van der Waals surface area (Å²) in [5.74, 6) is 1.05. The van der Waals surface area contributed by atoms with Gasteiger partial charge >= 0.3 is 6.18 Å². The van der Waals surface area contributed by atoms with Crippen LogP contribution >= 0.6 is 23.2 Å². The van der Waals surface area contributed by atoms with E-state index >= 15 is 0 Å². The summed E-state index contributed by atoms with van der Waals surface area (Å²) < 4.78 is 44.0. The molecule has 0 bridgehead atoms. The highest BCUT2D eigenvalue weighted by Crippen LogP contribution is 2.32. The Kier molecular flexibility index (Phi) is 4.85. The maximum Gasteiger partial charge on any atom is 0.416 e. The predicted octanol–water partition coefficient (Wildman–Crippen LogP) is 6.03. The van der Waals surface area contributed by atoms with Crippen LogP contribution in [-0.2, 0) is 25.7 Å². The van der Waals surface area contributed by atoms with E-state index in [0.29, 0.717) is 22.1 Å². The van der Waals surface area contributed by atoms with Crippen molar-refractivity contribution < 1.29 is 17.7 Å². The van der Waals surface area contributed by atoms with Crippen LogP contribution in [0.15, 0.2) is 36.4 Å². The average Bonchev–Trinajstić information content (AvgIpc) is 2.75. The molecule has 2 heterocycles. The molecule has 0 fully saturated rings. The third-order valence-corrected chi connectivity index (χ3v) is 5.72. The van der Waals surface area contributed by atoms with Crippen molar-refractivity contribution in [1.29, 1.82) is 0 Å². The molecule has 4 rings (SSSR count). The standard InChI is InChI=1S/C20H18Cl2F3N2/c21-15-7-5-13(16(22)11-15)12-27-18-10-14(20(23,24)25)6-8-17(18)26-9-3-1-2-4-19(26)27/h5-8,10-11H,1-4,9,12H2/q+1. The second kappa shape index (κ2) is 7.02. The zero-order valence-electron chi connectivity index (χ0n) is 14.5. The number of alkyl halides is 3. The highest BCUT2D eigenvalue weighted by Gasteiger charge is 2.34. The summed E-state index contributed by atoms with van der Waals surface area (Å²) in [5.41, 5.74) is 1.63. The summed E-state index contributed by atoms with van der Waals surface area (Å²) in [4.78, 5) is 0. The molecule has 1 aliphatic heterocycles. The molecule has 1 aliphatic rings. The van der Waals surface area contributed by atoms with Crippen molar-refractivity contribution in [2.24, 2.45) is 0 Å². The van der Waals surface area contributed by atoms with Gasteiger partial charge in [0, 0.05) is 28.1 Å². The van der Waals surface area contributed by atoms with Gasteiger partial charge in [-0.15, -0.1) is 0 Å². The van der Waals surface area contributed by atoms with Crippen molar-refractivity contribution in [3.63, 3.8) is 0 Å². The molecule has 142 valence electrons. The van der Waals surface area contributed by atoms with Gasteiger partial charge in [-0.1, -0.05) is 29.3 Å². The molecule has 0 saturated carbocycles. The van der Waals surface area contributed by atoms with Crippen molar-refractivity contribution in [3.05, 3.63) is 63.4 Å². The molecule has 0 aliphatic carbocycles. The van der Waals surface area contributed by atoms with Crippen LogP contribution in [0.1, 0.15) is 36.2 Å². The first kappa shape index (κ1) is 18.6. The largest absolute Gasteiger partial charge is 0.416 e. The Balaban J connectivity index is 1.91. The average molecular weight is 414 g/mol. The Morgan fingerprint density at radius 3 is 2.56 bits per heavy atom. The zero-order chi connectivity index (χ0) is 19.2. The molecular weight excluding hydrogens is 396 g/mol. The van der Waals surface area contributed by atoms with E-state index < -0.39 is 11.7 Å². The van der Waals surface area contributed by atoms with Crippen LogP contribution in [0.25, 0.3) is 11.0 Å². The van der Waals surface area contributed by atoms with Crippen molar-refractivity contribution in [2.45, 2.75) is 44.9 Å². The quantitative estimate of drug-likeness (QED) is 0.453. The number of aromatic nitrogens is 2. The second-order valence-electron chi connectivity index (χ2n) is 6.90. The lowest BCUT2D eigenvalue weighted by Gasteiger charge is -2.07. The molecule has 0 spiro atoms. The molecule has 0 radical (unpaired) electrons. The maximum absolute atomic E-state index is 13.3. The van der Waals surface area contributed by atoms with Crippen molar-refractivity contribution in [3.8, 4) is 0 Å². The lowest BCUT2D eigenvalue weighted by Crippen LogP contribution is -2.37. The fourth-order valence-electron chi connectivity index (χ4n) is 3.81. The van der Waals surface area contributed by atoms with Crippen molar-refractivity contribution in [2.75, 3.05) is 0 Å². The number of rotatable bonds is 2. The number of imidazole rings is 1. The number of halogens is 5. The second-order valence-corrected chi connectivity index (χ2v) is 7.75. The van der Waals surface area contributed by atoms with E-state index in [0.717, 1.165) is 49.1 Å². The lowest BCUT2D eigenvalue weighted by molar-refractivity contribution is -0.678. The Morgan fingerprint density at radius 1 is 1.00 bits per heavy atom. The van der Waals surface area contributed by atoms with Crippen LogP contribution in [-0.4, -0.2) is 4.57 Å². The van der Waals surface area contributed by atoms with E-state index in [2.05, 4.69) is 4.57 Å². The highest BCUT2D eigenvalue weighted by atomic mass is 35.5. The van der Waals surface area contributed by atoms with Gasteiger partial charge in [0.1, 0.15) is 6.54 Å². The number of hydrogen-bond donors (Lipinski definition) is 0.